The molecule has 1 aliphatic heterocycles. The summed E-state index contributed by atoms with van der Waals surface area (Å²) in [5.74, 6) is 0.700. The number of ether oxygens (including phenoxy) is 1. The van der Waals surface area contributed by atoms with Gasteiger partial charge < -0.3 is 15.4 Å². The molecule has 1 amide bonds. The highest BCUT2D eigenvalue weighted by atomic mass is 35.5. The van der Waals surface area contributed by atoms with Crippen LogP contribution in [-0.4, -0.2) is 31.1 Å². The van der Waals surface area contributed by atoms with E-state index in [2.05, 4.69) is 10.6 Å². The zero-order valence-corrected chi connectivity index (χ0v) is 12.5. The second-order valence-corrected chi connectivity index (χ2v) is 5.51. The fourth-order valence-corrected chi connectivity index (χ4v) is 2.42. The Kier molecular flexibility index (Phi) is 5.68. The minimum atomic E-state index is -0.123. The van der Waals surface area contributed by atoms with Crippen molar-refractivity contribution < 1.29 is 9.53 Å². The molecule has 0 saturated carbocycles. The predicted octanol–water partition coefficient (Wildman–Crippen LogP) is 2.37. The summed E-state index contributed by atoms with van der Waals surface area (Å²) in [5, 5.41) is 6.73. The maximum Gasteiger partial charge on any atom is 0.237 e. The van der Waals surface area contributed by atoms with Crippen LogP contribution >= 0.6 is 11.6 Å². The molecule has 1 aliphatic rings. The quantitative estimate of drug-likeness (QED) is 0.877. The number of benzene rings is 1. The number of carbonyl (C=O) groups is 1. The van der Waals surface area contributed by atoms with Crippen molar-refractivity contribution in [2.24, 2.45) is 0 Å². The van der Waals surface area contributed by atoms with Crippen molar-refractivity contribution >= 4 is 17.5 Å². The smallest absolute Gasteiger partial charge is 0.237 e. The highest BCUT2D eigenvalue weighted by Crippen LogP contribution is 2.24. The van der Waals surface area contributed by atoms with Crippen molar-refractivity contribution in [3.05, 3.63) is 29.3 Å². The van der Waals surface area contributed by atoms with Gasteiger partial charge in [0.25, 0.3) is 0 Å². The lowest BCUT2D eigenvalue weighted by Crippen LogP contribution is -2.48. The van der Waals surface area contributed by atoms with E-state index < -0.39 is 0 Å². The molecular formula is C15H21ClN2O2. The third-order valence-electron chi connectivity index (χ3n) is 3.36. The molecule has 4 nitrogen and oxygen atoms in total. The van der Waals surface area contributed by atoms with Gasteiger partial charge in [0, 0.05) is 0 Å². The van der Waals surface area contributed by atoms with Gasteiger partial charge in [0.2, 0.25) is 5.91 Å². The Bertz CT molecular complexity index is 447. The molecule has 1 fully saturated rings. The molecule has 0 radical (unpaired) electrons. The van der Waals surface area contributed by atoms with Crippen molar-refractivity contribution in [2.45, 2.75) is 38.3 Å². The van der Waals surface area contributed by atoms with Crippen molar-refractivity contribution in [3.8, 4) is 5.75 Å². The van der Waals surface area contributed by atoms with E-state index in [0.717, 1.165) is 25.8 Å². The fourth-order valence-electron chi connectivity index (χ4n) is 2.24. The highest BCUT2D eigenvalue weighted by molar-refractivity contribution is 6.32. The first-order valence-corrected chi connectivity index (χ1v) is 7.47. The molecule has 2 unspecified atom stereocenters. The fraction of sp³-hybridized carbons (Fsp3) is 0.533. The molecule has 0 bridgehead atoms. The van der Waals surface area contributed by atoms with Crippen LogP contribution < -0.4 is 15.4 Å². The monoisotopic (exact) mass is 296 g/mol. The average Bonchev–Trinajstić information content (AvgIpc) is 2.48. The number of carbonyl (C=O) groups excluding carboxylic acids is 1. The SMILES string of the molecule is CC(CNC(=O)C1CCCCN1)Oc1ccccc1Cl. The Morgan fingerprint density at radius 2 is 2.30 bits per heavy atom. The van der Waals surface area contributed by atoms with Crippen molar-refractivity contribution in [3.63, 3.8) is 0 Å². The number of piperidine rings is 1. The standard InChI is InChI=1S/C15H21ClN2O2/c1-11(20-14-8-3-2-6-12(14)16)10-18-15(19)13-7-4-5-9-17-13/h2-3,6,8,11,13,17H,4-5,7,9-10H2,1H3,(H,18,19). The summed E-state index contributed by atoms with van der Waals surface area (Å²) < 4.78 is 5.72. The van der Waals surface area contributed by atoms with E-state index in [4.69, 9.17) is 16.3 Å². The van der Waals surface area contributed by atoms with Crippen LogP contribution in [0.2, 0.25) is 5.02 Å². The summed E-state index contributed by atoms with van der Waals surface area (Å²) >= 11 is 6.03. The Hall–Kier alpha value is -1.26. The summed E-state index contributed by atoms with van der Waals surface area (Å²) in [7, 11) is 0. The molecule has 2 rings (SSSR count). The lowest BCUT2D eigenvalue weighted by Gasteiger charge is -2.23. The number of rotatable bonds is 5. The van der Waals surface area contributed by atoms with E-state index in [1.165, 1.54) is 0 Å². The van der Waals surface area contributed by atoms with E-state index in [1.54, 1.807) is 6.07 Å². The number of para-hydroxylation sites is 1. The third-order valence-corrected chi connectivity index (χ3v) is 3.67. The zero-order valence-electron chi connectivity index (χ0n) is 11.7. The molecular weight excluding hydrogens is 276 g/mol. The molecule has 1 aromatic rings. The van der Waals surface area contributed by atoms with Gasteiger partial charge in [0.15, 0.2) is 0 Å². The van der Waals surface area contributed by atoms with Crippen LogP contribution in [-0.2, 0) is 4.79 Å². The number of nitrogens with one attached hydrogen (secondary N) is 2. The van der Waals surface area contributed by atoms with E-state index >= 15 is 0 Å². The van der Waals surface area contributed by atoms with Crippen LogP contribution in [0.4, 0.5) is 0 Å². The Morgan fingerprint density at radius 3 is 3.00 bits per heavy atom. The molecule has 2 atom stereocenters. The first-order valence-electron chi connectivity index (χ1n) is 7.09. The Balaban J connectivity index is 1.76. The van der Waals surface area contributed by atoms with Gasteiger partial charge in [-0.1, -0.05) is 30.2 Å². The third kappa shape index (κ3) is 4.39. The molecule has 1 heterocycles. The molecule has 0 aliphatic carbocycles. The summed E-state index contributed by atoms with van der Waals surface area (Å²) in [5.41, 5.74) is 0. The molecule has 1 saturated heterocycles. The molecule has 2 N–H and O–H groups in total. The van der Waals surface area contributed by atoms with Gasteiger partial charge in [-0.2, -0.15) is 0 Å². The zero-order chi connectivity index (χ0) is 14.4. The second kappa shape index (κ2) is 7.50. The highest BCUT2D eigenvalue weighted by Gasteiger charge is 2.20. The summed E-state index contributed by atoms with van der Waals surface area (Å²) in [6, 6.07) is 7.28. The molecule has 5 heteroatoms. The average molecular weight is 297 g/mol. The first-order chi connectivity index (χ1) is 9.66. The minimum Gasteiger partial charge on any atom is -0.487 e. The van der Waals surface area contributed by atoms with Crippen LogP contribution in [0.1, 0.15) is 26.2 Å². The van der Waals surface area contributed by atoms with Crippen LogP contribution in [0.25, 0.3) is 0 Å². The molecule has 0 aromatic heterocycles. The lowest BCUT2D eigenvalue weighted by molar-refractivity contribution is -0.124. The Morgan fingerprint density at radius 1 is 1.50 bits per heavy atom. The van der Waals surface area contributed by atoms with Gasteiger partial charge in [0.1, 0.15) is 11.9 Å². The number of hydrogen-bond donors (Lipinski definition) is 2. The summed E-state index contributed by atoms with van der Waals surface area (Å²) in [6.07, 6.45) is 3.04. The Labute approximate surface area is 124 Å². The predicted molar refractivity (Wildman–Crippen MR) is 80.2 cm³/mol. The van der Waals surface area contributed by atoms with Gasteiger partial charge in [-0.25, -0.2) is 0 Å². The normalized spacial score (nSPS) is 20.2. The van der Waals surface area contributed by atoms with Crippen LogP contribution in [0.5, 0.6) is 5.75 Å². The lowest BCUT2D eigenvalue weighted by atomic mass is 10.0. The number of halogens is 1. The van der Waals surface area contributed by atoms with Gasteiger partial charge in [-0.05, 0) is 38.4 Å². The number of hydrogen-bond acceptors (Lipinski definition) is 3. The van der Waals surface area contributed by atoms with E-state index in [-0.39, 0.29) is 18.1 Å². The van der Waals surface area contributed by atoms with Crippen molar-refractivity contribution in [2.75, 3.05) is 13.1 Å². The summed E-state index contributed by atoms with van der Waals surface area (Å²) in [4.78, 5) is 12.0. The molecule has 20 heavy (non-hydrogen) atoms. The van der Waals surface area contributed by atoms with Gasteiger partial charge >= 0.3 is 0 Å². The largest absolute Gasteiger partial charge is 0.487 e. The van der Waals surface area contributed by atoms with Crippen LogP contribution in [0.3, 0.4) is 0 Å². The minimum absolute atomic E-state index is 0.0549. The second-order valence-electron chi connectivity index (χ2n) is 5.11. The molecule has 110 valence electrons. The van der Waals surface area contributed by atoms with E-state index in [9.17, 15) is 4.79 Å². The van der Waals surface area contributed by atoms with E-state index in [1.807, 2.05) is 25.1 Å². The molecule has 1 aromatic carbocycles. The van der Waals surface area contributed by atoms with Gasteiger partial charge in [-0.15, -0.1) is 0 Å². The van der Waals surface area contributed by atoms with Crippen LogP contribution in [0, 0.1) is 0 Å². The summed E-state index contributed by atoms with van der Waals surface area (Å²) in [6.45, 7) is 3.31. The van der Waals surface area contributed by atoms with Crippen LogP contribution in [0.15, 0.2) is 24.3 Å². The van der Waals surface area contributed by atoms with E-state index in [0.29, 0.717) is 17.3 Å². The van der Waals surface area contributed by atoms with Crippen molar-refractivity contribution in [1.82, 2.24) is 10.6 Å². The van der Waals surface area contributed by atoms with Gasteiger partial charge in [0.05, 0.1) is 17.6 Å². The number of amides is 1. The van der Waals surface area contributed by atoms with Crippen molar-refractivity contribution in [1.29, 1.82) is 0 Å². The topological polar surface area (TPSA) is 50.4 Å². The first kappa shape index (κ1) is 15.1. The maximum absolute atomic E-state index is 12.0. The maximum atomic E-state index is 12.0. The van der Waals surface area contributed by atoms with Gasteiger partial charge in [-0.3, -0.25) is 4.79 Å². The molecule has 0 spiro atoms.